The van der Waals surface area contributed by atoms with Gasteiger partial charge in [-0.25, -0.2) is 14.8 Å². The van der Waals surface area contributed by atoms with Gasteiger partial charge >= 0.3 is 5.97 Å². The zero-order valence-corrected chi connectivity index (χ0v) is 18.6. The van der Waals surface area contributed by atoms with Gasteiger partial charge in [0.1, 0.15) is 21.3 Å². The van der Waals surface area contributed by atoms with Crippen molar-refractivity contribution in [2.75, 3.05) is 36.5 Å². The highest BCUT2D eigenvalue weighted by Crippen LogP contribution is 2.36. The maximum absolute atomic E-state index is 12.4. The van der Waals surface area contributed by atoms with Crippen LogP contribution < -0.4 is 9.80 Å². The molecule has 9 heteroatoms. The van der Waals surface area contributed by atoms with Gasteiger partial charge in [-0.3, -0.25) is 0 Å². The fourth-order valence-corrected chi connectivity index (χ4v) is 5.18. The van der Waals surface area contributed by atoms with Crippen LogP contribution in [0.3, 0.4) is 0 Å². The topological polar surface area (TPSA) is 84.3 Å². The molecule has 0 radical (unpaired) electrons. The monoisotopic (exact) mass is 426 g/mol. The van der Waals surface area contributed by atoms with Crippen LogP contribution in [0.2, 0.25) is 0 Å². The Kier molecular flexibility index (Phi) is 5.80. The second-order valence-electron chi connectivity index (χ2n) is 7.50. The van der Waals surface area contributed by atoms with E-state index in [2.05, 4.69) is 32.0 Å². The summed E-state index contributed by atoms with van der Waals surface area (Å²) in [5.41, 5.74) is 0.882. The van der Waals surface area contributed by atoms with Gasteiger partial charge in [-0.1, -0.05) is 0 Å². The van der Waals surface area contributed by atoms with E-state index in [1.807, 2.05) is 32.9 Å². The molecule has 1 aliphatic heterocycles. The van der Waals surface area contributed by atoms with E-state index in [0.717, 1.165) is 53.3 Å². The van der Waals surface area contributed by atoms with Gasteiger partial charge in [-0.05, 0) is 51.3 Å². The second kappa shape index (κ2) is 8.51. The number of thiophene rings is 1. The molecule has 1 saturated heterocycles. The molecule has 0 bridgehead atoms. The van der Waals surface area contributed by atoms with Crippen molar-refractivity contribution in [3.05, 3.63) is 34.6 Å². The van der Waals surface area contributed by atoms with Gasteiger partial charge in [-0.15, -0.1) is 16.4 Å². The molecule has 30 heavy (non-hydrogen) atoms. The standard InChI is InChI=1S/C21H26N6O2S/c1-5-29-21(28)18-13(2)17-19(23-14(3)24-20(17)30-18)26(4)12-15-8-7-11-27(15)16-9-6-10-22-25-16/h6,9-10,15H,5,7-8,11-12H2,1-4H3. The molecule has 0 amide bonds. The molecule has 0 aliphatic carbocycles. The Balaban J connectivity index is 1.66. The van der Waals surface area contributed by atoms with Crippen LogP contribution in [-0.4, -0.2) is 58.9 Å². The predicted octanol–water partition coefficient (Wildman–Crippen LogP) is 3.38. The summed E-state index contributed by atoms with van der Waals surface area (Å²) in [6, 6.07) is 4.25. The molecular formula is C21H26N6O2S. The SMILES string of the molecule is CCOC(=O)c1sc2nc(C)nc(N(C)CC3CCCN3c3cccnn3)c2c1C. The van der Waals surface area contributed by atoms with Crippen LogP contribution in [0.5, 0.6) is 0 Å². The van der Waals surface area contributed by atoms with E-state index in [9.17, 15) is 4.79 Å². The summed E-state index contributed by atoms with van der Waals surface area (Å²) in [5, 5.41) is 9.25. The molecule has 158 valence electrons. The third-order valence-electron chi connectivity index (χ3n) is 5.42. The van der Waals surface area contributed by atoms with E-state index in [1.54, 1.807) is 6.20 Å². The molecule has 0 spiro atoms. The molecule has 3 aromatic heterocycles. The lowest BCUT2D eigenvalue weighted by atomic mass is 10.1. The number of esters is 1. The van der Waals surface area contributed by atoms with Gasteiger partial charge in [0.2, 0.25) is 0 Å². The van der Waals surface area contributed by atoms with Crippen molar-refractivity contribution < 1.29 is 9.53 Å². The molecule has 1 fully saturated rings. The maximum atomic E-state index is 12.4. The highest BCUT2D eigenvalue weighted by atomic mass is 32.1. The van der Waals surface area contributed by atoms with Gasteiger partial charge in [0, 0.05) is 32.4 Å². The molecule has 0 aromatic carbocycles. The molecule has 8 nitrogen and oxygen atoms in total. The van der Waals surface area contributed by atoms with E-state index in [4.69, 9.17) is 9.72 Å². The van der Waals surface area contributed by atoms with Crippen molar-refractivity contribution in [2.45, 2.75) is 39.7 Å². The van der Waals surface area contributed by atoms with Crippen molar-refractivity contribution >= 4 is 39.2 Å². The Morgan fingerprint density at radius 2 is 2.20 bits per heavy atom. The van der Waals surface area contributed by atoms with Crippen LogP contribution in [0.15, 0.2) is 18.3 Å². The molecule has 4 heterocycles. The van der Waals surface area contributed by atoms with Crippen molar-refractivity contribution in [3.63, 3.8) is 0 Å². The van der Waals surface area contributed by atoms with E-state index in [-0.39, 0.29) is 5.97 Å². The van der Waals surface area contributed by atoms with Crippen LogP contribution >= 0.6 is 11.3 Å². The minimum absolute atomic E-state index is 0.297. The van der Waals surface area contributed by atoms with Crippen molar-refractivity contribution in [3.8, 4) is 0 Å². The average Bonchev–Trinajstić information content (AvgIpc) is 3.32. The summed E-state index contributed by atoms with van der Waals surface area (Å²) < 4.78 is 5.23. The number of nitrogens with zero attached hydrogens (tertiary/aromatic N) is 6. The molecule has 4 rings (SSSR count). The average molecular weight is 427 g/mol. The number of anilines is 2. The van der Waals surface area contributed by atoms with Crippen LogP contribution in [0.4, 0.5) is 11.6 Å². The maximum Gasteiger partial charge on any atom is 0.348 e. The first kappa shape index (κ1) is 20.5. The summed E-state index contributed by atoms with van der Waals surface area (Å²) in [5.74, 6) is 2.16. The van der Waals surface area contributed by atoms with E-state index >= 15 is 0 Å². The number of likely N-dealkylation sites (N-methyl/N-ethyl adjacent to an activating group) is 1. The fraction of sp³-hybridized carbons (Fsp3) is 0.476. The first-order valence-electron chi connectivity index (χ1n) is 10.2. The van der Waals surface area contributed by atoms with Crippen LogP contribution in [-0.2, 0) is 4.74 Å². The number of carbonyl (C=O) groups is 1. The number of ether oxygens (including phenoxy) is 1. The summed E-state index contributed by atoms with van der Waals surface area (Å²) in [4.78, 5) is 27.6. The molecule has 0 saturated carbocycles. The second-order valence-corrected chi connectivity index (χ2v) is 8.50. The van der Waals surface area contributed by atoms with Crippen molar-refractivity contribution in [1.29, 1.82) is 0 Å². The first-order chi connectivity index (χ1) is 14.5. The first-order valence-corrected chi connectivity index (χ1v) is 11.0. The molecule has 1 aliphatic rings. The molecule has 1 atom stereocenters. The Labute approximate surface area is 179 Å². The largest absolute Gasteiger partial charge is 0.462 e. The van der Waals surface area contributed by atoms with Gasteiger partial charge in [0.05, 0.1) is 12.0 Å². The Morgan fingerprint density at radius 1 is 1.37 bits per heavy atom. The summed E-state index contributed by atoms with van der Waals surface area (Å²) in [7, 11) is 2.05. The number of carbonyl (C=O) groups excluding carboxylic acids is 1. The van der Waals surface area contributed by atoms with Gasteiger partial charge in [0.15, 0.2) is 5.82 Å². The lowest BCUT2D eigenvalue weighted by Crippen LogP contribution is -2.39. The van der Waals surface area contributed by atoms with Crippen molar-refractivity contribution in [1.82, 2.24) is 20.2 Å². The Bertz CT molecular complexity index is 1050. The number of aryl methyl sites for hydroxylation is 2. The normalized spacial score (nSPS) is 16.3. The Morgan fingerprint density at radius 3 is 2.93 bits per heavy atom. The molecule has 1 unspecified atom stereocenters. The fourth-order valence-electron chi connectivity index (χ4n) is 4.07. The van der Waals surface area contributed by atoms with E-state index in [0.29, 0.717) is 23.4 Å². The molecule has 0 N–H and O–H groups in total. The van der Waals surface area contributed by atoms with Crippen LogP contribution in [0, 0.1) is 13.8 Å². The quantitative estimate of drug-likeness (QED) is 0.555. The van der Waals surface area contributed by atoms with Crippen LogP contribution in [0.1, 0.15) is 40.8 Å². The Hall–Kier alpha value is -2.81. The third-order valence-corrected chi connectivity index (χ3v) is 6.59. The van der Waals surface area contributed by atoms with Crippen LogP contribution in [0.25, 0.3) is 10.2 Å². The van der Waals surface area contributed by atoms with Gasteiger partial charge < -0.3 is 14.5 Å². The minimum Gasteiger partial charge on any atom is -0.462 e. The van der Waals surface area contributed by atoms with Gasteiger partial charge in [0.25, 0.3) is 0 Å². The number of hydrogen-bond acceptors (Lipinski definition) is 9. The van der Waals surface area contributed by atoms with Crippen molar-refractivity contribution in [2.24, 2.45) is 0 Å². The van der Waals surface area contributed by atoms with E-state index < -0.39 is 0 Å². The number of fused-ring (bicyclic) bond motifs is 1. The zero-order chi connectivity index (χ0) is 21.3. The lowest BCUT2D eigenvalue weighted by Gasteiger charge is -2.30. The smallest absolute Gasteiger partial charge is 0.348 e. The molecule has 3 aromatic rings. The number of rotatable bonds is 6. The highest BCUT2D eigenvalue weighted by molar-refractivity contribution is 7.20. The number of aromatic nitrogens is 4. The third kappa shape index (κ3) is 3.81. The minimum atomic E-state index is -0.297. The summed E-state index contributed by atoms with van der Waals surface area (Å²) in [6.45, 7) is 7.77. The number of hydrogen-bond donors (Lipinski definition) is 0. The van der Waals surface area contributed by atoms with Gasteiger partial charge in [-0.2, -0.15) is 5.10 Å². The lowest BCUT2D eigenvalue weighted by molar-refractivity contribution is 0.0531. The summed E-state index contributed by atoms with van der Waals surface area (Å²) in [6.07, 6.45) is 3.91. The predicted molar refractivity (Wildman–Crippen MR) is 119 cm³/mol. The zero-order valence-electron chi connectivity index (χ0n) is 17.8. The highest BCUT2D eigenvalue weighted by Gasteiger charge is 2.29. The van der Waals surface area contributed by atoms with E-state index in [1.165, 1.54) is 11.3 Å². The molecular weight excluding hydrogens is 400 g/mol. The summed E-state index contributed by atoms with van der Waals surface area (Å²) >= 11 is 1.38.